The van der Waals surface area contributed by atoms with Crippen molar-refractivity contribution in [1.82, 2.24) is 9.78 Å². The number of hydrogen-bond acceptors (Lipinski definition) is 4. The zero-order valence-corrected chi connectivity index (χ0v) is 15.2. The molecular weight excluding hydrogens is 314 g/mol. The molecule has 0 aliphatic heterocycles. The summed E-state index contributed by atoms with van der Waals surface area (Å²) in [5, 5.41) is 4.08. The highest BCUT2D eigenvalue weighted by molar-refractivity contribution is 7.92. The van der Waals surface area contributed by atoms with Crippen LogP contribution < -0.4 is 9.46 Å². The fourth-order valence-corrected chi connectivity index (χ4v) is 3.58. The van der Waals surface area contributed by atoms with Crippen molar-refractivity contribution in [2.45, 2.75) is 38.0 Å². The van der Waals surface area contributed by atoms with Crippen LogP contribution in [-0.2, 0) is 22.5 Å². The largest absolute Gasteiger partial charge is 0.495 e. The lowest BCUT2D eigenvalue weighted by Crippen LogP contribution is -2.16. The molecule has 0 atom stereocenters. The number of nitrogens with zero attached hydrogens (tertiary/aromatic N) is 2. The maximum atomic E-state index is 12.6. The molecule has 1 aromatic heterocycles. The number of anilines is 1. The van der Waals surface area contributed by atoms with Crippen molar-refractivity contribution in [3.05, 3.63) is 35.7 Å². The Bertz CT molecular complexity index is 818. The highest BCUT2D eigenvalue weighted by Crippen LogP contribution is 2.33. The Morgan fingerprint density at radius 1 is 1.26 bits per heavy atom. The lowest BCUT2D eigenvalue weighted by atomic mass is 9.87. The number of nitrogens with one attached hydrogen (secondary N) is 1. The summed E-state index contributed by atoms with van der Waals surface area (Å²) < 4.78 is 34.7. The molecule has 1 heterocycles. The van der Waals surface area contributed by atoms with Crippen molar-refractivity contribution in [3.63, 3.8) is 0 Å². The molecule has 7 heteroatoms. The molecule has 0 saturated carbocycles. The molecule has 0 bridgehead atoms. The molecule has 0 fully saturated rings. The highest BCUT2D eigenvalue weighted by Gasteiger charge is 2.23. The summed E-state index contributed by atoms with van der Waals surface area (Å²) in [5.41, 5.74) is 1.78. The number of aromatic nitrogens is 2. The average Bonchev–Trinajstić information content (AvgIpc) is 2.77. The van der Waals surface area contributed by atoms with Crippen LogP contribution in [-0.4, -0.2) is 25.3 Å². The number of benzene rings is 1. The lowest BCUT2D eigenvalue weighted by molar-refractivity contribution is 0.416. The minimum atomic E-state index is -3.73. The van der Waals surface area contributed by atoms with Crippen LogP contribution in [0.4, 0.5) is 5.69 Å². The molecule has 6 nitrogen and oxygen atoms in total. The van der Waals surface area contributed by atoms with E-state index in [0.717, 1.165) is 5.56 Å². The summed E-state index contributed by atoms with van der Waals surface area (Å²) in [6, 6.07) is 5.52. The van der Waals surface area contributed by atoms with E-state index >= 15 is 0 Å². The van der Waals surface area contributed by atoms with Crippen LogP contribution in [0.2, 0.25) is 0 Å². The molecule has 0 amide bonds. The number of aryl methyl sites for hydroxylation is 2. The fraction of sp³-hybridized carbons (Fsp3) is 0.438. The normalized spacial score (nSPS) is 12.3. The smallest absolute Gasteiger partial charge is 0.265 e. The Morgan fingerprint density at radius 2 is 1.91 bits per heavy atom. The summed E-state index contributed by atoms with van der Waals surface area (Å²) in [4.78, 5) is 0.156. The van der Waals surface area contributed by atoms with Gasteiger partial charge in [0, 0.05) is 13.2 Å². The van der Waals surface area contributed by atoms with Gasteiger partial charge in [-0.05, 0) is 30.0 Å². The lowest BCUT2D eigenvalue weighted by Gasteiger charge is -2.21. The molecule has 23 heavy (non-hydrogen) atoms. The van der Waals surface area contributed by atoms with Gasteiger partial charge in [0.05, 0.1) is 18.5 Å². The van der Waals surface area contributed by atoms with Crippen LogP contribution in [0.15, 0.2) is 29.3 Å². The van der Waals surface area contributed by atoms with Crippen LogP contribution in [0.1, 0.15) is 32.0 Å². The van der Waals surface area contributed by atoms with Gasteiger partial charge < -0.3 is 4.74 Å². The summed E-state index contributed by atoms with van der Waals surface area (Å²) in [5.74, 6) is 0.475. The van der Waals surface area contributed by atoms with Crippen molar-refractivity contribution < 1.29 is 13.2 Å². The van der Waals surface area contributed by atoms with E-state index in [1.165, 1.54) is 18.0 Å². The third-order valence-corrected chi connectivity index (χ3v) is 5.04. The van der Waals surface area contributed by atoms with Gasteiger partial charge in [-0.1, -0.05) is 26.8 Å². The topological polar surface area (TPSA) is 73.2 Å². The van der Waals surface area contributed by atoms with E-state index in [2.05, 4.69) is 30.6 Å². The summed E-state index contributed by atoms with van der Waals surface area (Å²) >= 11 is 0. The summed E-state index contributed by atoms with van der Waals surface area (Å²) in [6.07, 6.45) is 1.48. The molecule has 0 radical (unpaired) electrons. The summed E-state index contributed by atoms with van der Waals surface area (Å²) in [6.45, 7) is 7.87. The number of methoxy groups -OCH3 is 1. The molecule has 126 valence electrons. The van der Waals surface area contributed by atoms with E-state index in [4.69, 9.17) is 4.74 Å². The Kier molecular flexibility index (Phi) is 4.43. The van der Waals surface area contributed by atoms with Crippen LogP contribution in [0, 0.1) is 6.92 Å². The Hall–Kier alpha value is -2.02. The van der Waals surface area contributed by atoms with E-state index < -0.39 is 10.0 Å². The molecule has 0 spiro atoms. The van der Waals surface area contributed by atoms with Crippen molar-refractivity contribution in [2.75, 3.05) is 11.8 Å². The monoisotopic (exact) mass is 337 g/mol. The maximum absolute atomic E-state index is 12.6. The van der Waals surface area contributed by atoms with Gasteiger partial charge in [0.15, 0.2) is 0 Å². The first kappa shape index (κ1) is 17.3. The molecule has 2 rings (SSSR count). The predicted molar refractivity (Wildman–Crippen MR) is 90.4 cm³/mol. The van der Waals surface area contributed by atoms with E-state index in [0.29, 0.717) is 17.1 Å². The van der Waals surface area contributed by atoms with Crippen LogP contribution in [0.5, 0.6) is 5.75 Å². The molecule has 0 saturated heterocycles. The van der Waals surface area contributed by atoms with Crippen molar-refractivity contribution >= 4 is 15.7 Å². The first-order valence-corrected chi connectivity index (χ1v) is 8.74. The van der Waals surface area contributed by atoms with Gasteiger partial charge >= 0.3 is 0 Å². The van der Waals surface area contributed by atoms with Gasteiger partial charge in [0.2, 0.25) is 0 Å². The molecule has 2 aromatic rings. The van der Waals surface area contributed by atoms with Crippen molar-refractivity contribution in [1.29, 1.82) is 0 Å². The molecule has 0 aliphatic carbocycles. The SMILES string of the molecule is COc1ccc(C(C)(C)C)cc1NS(=O)(=O)c1cn(C)nc1C. The van der Waals surface area contributed by atoms with Gasteiger partial charge in [-0.15, -0.1) is 0 Å². The standard InChI is InChI=1S/C16H23N3O3S/c1-11-15(10-19(5)17-11)23(20,21)18-13-9-12(16(2,3)4)7-8-14(13)22-6/h7-10,18H,1-6H3. The Morgan fingerprint density at radius 3 is 2.39 bits per heavy atom. The van der Waals surface area contributed by atoms with Gasteiger partial charge in [0.25, 0.3) is 10.0 Å². The number of rotatable bonds is 4. The van der Waals surface area contributed by atoms with Gasteiger partial charge in [0.1, 0.15) is 10.6 Å². The second-order valence-corrected chi connectivity index (χ2v) is 8.17. The predicted octanol–water partition coefficient (Wildman–Crippen LogP) is 2.84. The maximum Gasteiger partial charge on any atom is 0.265 e. The third-order valence-electron chi connectivity index (χ3n) is 3.57. The zero-order valence-electron chi connectivity index (χ0n) is 14.3. The molecular formula is C16H23N3O3S. The molecule has 1 aromatic carbocycles. The van der Waals surface area contributed by atoms with Crippen molar-refractivity contribution in [2.24, 2.45) is 7.05 Å². The Balaban J connectivity index is 2.48. The van der Waals surface area contributed by atoms with E-state index in [1.54, 1.807) is 20.0 Å². The van der Waals surface area contributed by atoms with E-state index in [9.17, 15) is 8.42 Å². The first-order chi connectivity index (χ1) is 10.5. The number of hydrogen-bond donors (Lipinski definition) is 1. The van der Waals surface area contributed by atoms with E-state index in [-0.39, 0.29) is 10.3 Å². The molecule has 0 unspecified atom stereocenters. The first-order valence-electron chi connectivity index (χ1n) is 7.26. The van der Waals surface area contributed by atoms with Crippen LogP contribution >= 0.6 is 0 Å². The van der Waals surface area contributed by atoms with Crippen LogP contribution in [0.3, 0.4) is 0 Å². The molecule has 1 N–H and O–H groups in total. The zero-order chi connectivity index (χ0) is 17.4. The van der Waals surface area contributed by atoms with Gasteiger partial charge in [-0.3, -0.25) is 9.40 Å². The average molecular weight is 337 g/mol. The second kappa shape index (κ2) is 5.88. The third kappa shape index (κ3) is 3.67. The van der Waals surface area contributed by atoms with Gasteiger partial charge in [-0.25, -0.2) is 8.42 Å². The number of sulfonamides is 1. The minimum absolute atomic E-state index is 0.101. The number of ether oxygens (including phenoxy) is 1. The minimum Gasteiger partial charge on any atom is -0.495 e. The Labute approximate surface area is 137 Å². The second-order valence-electron chi connectivity index (χ2n) is 6.52. The molecule has 0 aliphatic rings. The fourth-order valence-electron chi connectivity index (χ4n) is 2.30. The quantitative estimate of drug-likeness (QED) is 0.931. The van der Waals surface area contributed by atoms with Crippen LogP contribution in [0.25, 0.3) is 0 Å². The van der Waals surface area contributed by atoms with Crippen molar-refractivity contribution in [3.8, 4) is 5.75 Å². The highest BCUT2D eigenvalue weighted by atomic mass is 32.2. The van der Waals surface area contributed by atoms with Gasteiger partial charge in [-0.2, -0.15) is 5.10 Å². The van der Waals surface area contributed by atoms with E-state index in [1.807, 2.05) is 12.1 Å². The summed E-state index contributed by atoms with van der Waals surface area (Å²) in [7, 11) is -0.531.